The van der Waals surface area contributed by atoms with Crippen LogP contribution in [0.4, 0.5) is 4.79 Å². The topological polar surface area (TPSA) is 87.7 Å². The smallest absolute Gasteiger partial charge is 0.409 e. The molecule has 2 rings (SSSR count). The van der Waals surface area contributed by atoms with Crippen LogP contribution in [0.3, 0.4) is 0 Å². The van der Waals surface area contributed by atoms with E-state index in [4.69, 9.17) is 4.74 Å². The number of ether oxygens (including phenoxy) is 1. The van der Waals surface area contributed by atoms with Crippen LogP contribution in [0, 0.1) is 5.92 Å². The maximum atomic E-state index is 12.8. The molecule has 0 bridgehead atoms. The van der Waals surface area contributed by atoms with Crippen molar-refractivity contribution in [3.63, 3.8) is 0 Å². The van der Waals surface area contributed by atoms with E-state index in [9.17, 15) is 14.4 Å². The molecule has 0 spiro atoms. The summed E-state index contributed by atoms with van der Waals surface area (Å²) in [6.45, 7) is 7.00. The van der Waals surface area contributed by atoms with Crippen molar-refractivity contribution in [3.8, 4) is 0 Å². The lowest BCUT2D eigenvalue weighted by Crippen LogP contribution is -2.54. The second-order valence-electron chi connectivity index (χ2n) is 7.14. The Balaban J connectivity index is 1.92. The van der Waals surface area contributed by atoms with Crippen LogP contribution in [0.1, 0.15) is 44.0 Å². The first kappa shape index (κ1) is 22.2. The molecule has 7 nitrogen and oxygen atoms in total. The van der Waals surface area contributed by atoms with Gasteiger partial charge in [0.25, 0.3) is 5.91 Å². The first-order valence-corrected chi connectivity index (χ1v) is 10.4. The van der Waals surface area contributed by atoms with E-state index in [2.05, 4.69) is 26.6 Å². The van der Waals surface area contributed by atoms with Crippen LogP contribution >= 0.6 is 15.9 Å². The normalized spacial score (nSPS) is 15.8. The molecule has 154 valence electrons. The van der Waals surface area contributed by atoms with Gasteiger partial charge in [-0.3, -0.25) is 9.59 Å². The van der Waals surface area contributed by atoms with E-state index in [0.29, 0.717) is 42.6 Å². The highest BCUT2D eigenvalue weighted by atomic mass is 79.9. The Morgan fingerprint density at radius 2 is 1.86 bits per heavy atom. The lowest BCUT2D eigenvalue weighted by Gasteiger charge is -2.33. The van der Waals surface area contributed by atoms with Crippen molar-refractivity contribution in [3.05, 3.63) is 34.3 Å². The number of hydrogen-bond donors (Lipinski definition) is 2. The molecule has 28 heavy (non-hydrogen) atoms. The number of nitrogens with one attached hydrogen (secondary N) is 2. The Morgan fingerprint density at radius 3 is 2.43 bits per heavy atom. The minimum atomic E-state index is -0.636. The summed E-state index contributed by atoms with van der Waals surface area (Å²) in [6.07, 6.45) is 1.01. The molecule has 0 aromatic heterocycles. The zero-order valence-electron chi connectivity index (χ0n) is 16.5. The molecule has 1 atom stereocenters. The second kappa shape index (κ2) is 10.5. The molecule has 1 aliphatic rings. The molecular formula is C20H28BrN3O4. The van der Waals surface area contributed by atoms with Crippen LogP contribution in [0.15, 0.2) is 28.7 Å². The third-order valence-electron chi connectivity index (χ3n) is 4.72. The minimum absolute atomic E-state index is 0.0280. The molecule has 1 aromatic rings. The molecule has 0 aliphatic carbocycles. The Labute approximate surface area is 174 Å². The molecule has 2 N–H and O–H groups in total. The number of nitrogens with zero attached hydrogens (tertiary/aromatic N) is 1. The van der Waals surface area contributed by atoms with E-state index in [1.54, 1.807) is 30.0 Å². The number of piperidine rings is 1. The fourth-order valence-corrected chi connectivity index (χ4v) is 3.58. The van der Waals surface area contributed by atoms with E-state index >= 15 is 0 Å². The highest BCUT2D eigenvalue weighted by Crippen LogP contribution is 2.17. The van der Waals surface area contributed by atoms with E-state index in [-0.39, 0.29) is 29.9 Å². The molecule has 1 aromatic carbocycles. The lowest BCUT2D eigenvalue weighted by atomic mass is 10.00. The SMILES string of the molecule is CCOC(=O)N1CCC(NC(=O)[C@H](NC(=O)c2ccccc2Br)C(C)C)CC1. The van der Waals surface area contributed by atoms with Crippen LogP contribution in [-0.4, -0.2) is 54.6 Å². The molecule has 0 saturated carbocycles. The summed E-state index contributed by atoms with van der Waals surface area (Å²) in [7, 11) is 0. The molecule has 3 amide bonds. The molecule has 1 fully saturated rings. The van der Waals surface area contributed by atoms with Crippen molar-refractivity contribution in [2.24, 2.45) is 5.92 Å². The quantitative estimate of drug-likeness (QED) is 0.692. The summed E-state index contributed by atoms with van der Waals surface area (Å²) in [5.74, 6) is -0.561. The number of hydrogen-bond acceptors (Lipinski definition) is 4. The largest absolute Gasteiger partial charge is 0.450 e. The second-order valence-corrected chi connectivity index (χ2v) is 8.00. The standard InChI is InChI=1S/C20H28BrN3O4/c1-4-28-20(27)24-11-9-14(10-12-24)22-19(26)17(13(2)3)23-18(25)15-7-5-6-8-16(15)21/h5-8,13-14,17H,4,9-12H2,1-3H3,(H,22,26)(H,23,25)/t17-/m1/s1. The van der Waals surface area contributed by atoms with E-state index in [1.165, 1.54) is 0 Å². The first-order chi connectivity index (χ1) is 13.3. The molecule has 0 unspecified atom stereocenters. The van der Waals surface area contributed by atoms with Gasteiger partial charge in [0.05, 0.1) is 12.2 Å². The number of benzene rings is 1. The third kappa shape index (κ3) is 5.95. The van der Waals surface area contributed by atoms with Gasteiger partial charge in [0.15, 0.2) is 0 Å². The van der Waals surface area contributed by atoms with Gasteiger partial charge in [-0.25, -0.2) is 4.79 Å². The van der Waals surface area contributed by atoms with Gasteiger partial charge in [0.2, 0.25) is 5.91 Å². The predicted molar refractivity (Wildman–Crippen MR) is 110 cm³/mol. The Kier molecular flexibility index (Phi) is 8.29. The molecular weight excluding hydrogens is 426 g/mol. The van der Waals surface area contributed by atoms with Gasteiger partial charge in [0, 0.05) is 23.6 Å². The van der Waals surface area contributed by atoms with Crippen LogP contribution in [0.2, 0.25) is 0 Å². The van der Waals surface area contributed by atoms with Crippen molar-refractivity contribution in [2.45, 2.75) is 45.7 Å². The lowest BCUT2D eigenvalue weighted by molar-refractivity contribution is -0.124. The molecule has 0 radical (unpaired) electrons. The summed E-state index contributed by atoms with van der Waals surface area (Å²) in [6, 6.07) is 6.44. The number of halogens is 1. The monoisotopic (exact) mass is 453 g/mol. The zero-order valence-corrected chi connectivity index (χ0v) is 18.1. The number of carbonyl (C=O) groups excluding carboxylic acids is 3. The molecule has 1 heterocycles. The molecule has 8 heteroatoms. The number of likely N-dealkylation sites (tertiary alicyclic amines) is 1. The van der Waals surface area contributed by atoms with Crippen molar-refractivity contribution >= 4 is 33.8 Å². The predicted octanol–water partition coefficient (Wildman–Crippen LogP) is 2.94. The Bertz CT molecular complexity index is 702. The highest BCUT2D eigenvalue weighted by molar-refractivity contribution is 9.10. The fourth-order valence-electron chi connectivity index (χ4n) is 3.11. The van der Waals surface area contributed by atoms with Crippen molar-refractivity contribution < 1.29 is 19.1 Å². The average Bonchev–Trinajstić information content (AvgIpc) is 2.66. The highest BCUT2D eigenvalue weighted by Gasteiger charge is 2.29. The van der Waals surface area contributed by atoms with Crippen molar-refractivity contribution in [1.29, 1.82) is 0 Å². The van der Waals surface area contributed by atoms with Gasteiger partial charge in [-0.15, -0.1) is 0 Å². The third-order valence-corrected chi connectivity index (χ3v) is 5.41. The Hall–Kier alpha value is -2.09. The van der Waals surface area contributed by atoms with Gasteiger partial charge in [-0.2, -0.15) is 0 Å². The van der Waals surface area contributed by atoms with E-state index < -0.39 is 6.04 Å². The zero-order chi connectivity index (χ0) is 20.7. The summed E-state index contributed by atoms with van der Waals surface area (Å²) in [5, 5.41) is 5.86. The maximum Gasteiger partial charge on any atom is 0.409 e. The maximum absolute atomic E-state index is 12.8. The van der Waals surface area contributed by atoms with Crippen LogP contribution in [0.5, 0.6) is 0 Å². The first-order valence-electron chi connectivity index (χ1n) is 9.61. The number of amides is 3. The fraction of sp³-hybridized carbons (Fsp3) is 0.550. The summed E-state index contributed by atoms with van der Waals surface area (Å²) in [4.78, 5) is 38.8. The minimum Gasteiger partial charge on any atom is -0.450 e. The average molecular weight is 454 g/mol. The number of carbonyl (C=O) groups is 3. The van der Waals surface area contributed by atoms with Crippen LogP contribution in [0.25, 0.3) is 0 Å². The Morgan fingerprint density at radius 1 is 1.21 bits per heavy atom. The summed E-state index contributed by atoms with van der Waals surface area (Å²) >= 11 is 3.37. The van der Waals surface area contributed by atoms with Gasteiger partial charge >= 0.3 is 6.09 Å². The van der Waals surface area contributed by atoms with Gasteiger partial charge in [-0.05, 0) is 53.7 Å². The van der Waals surface area contributed by atoms with Crippen molar-refractivity contribution in [1.82, 2.24) is 15.5 Å². The molecule has 1 saturated heterocycles. The van der Waals surface area contributed by atoms with E-state index in [0.717, 1.165) is 0 Å². The van der Waals surface area contributed by atoms with Crippen LogP contribution < -0.4 is 10.6 Å². The van der Waals surface area contributed by atoms with Gasteiger partial charge < -0.3 is 20.3 Å². The van der Waals surface area contributed by atoms with Gasteiger partial charge in [-0.1, -0.05) is 26.0 Å². The van der Waals surface area contributed by atoms with Gasteiger partial charge in [0.1, 0.15) is 6.04 Å². The molecule has 1 aliphatic heterocycles. The van der Waals surface area contributed by atoms with Crippen LogP contribution in [-0.2, 0) is 9.53 Å². The summed E-state index contributed by atoms with van der Waals surface area (Å²) < 4.78 is 5.69. The van der Waals surface area contributed by atoms with Crippen molar-refractivity contribution in [2.75, 3.05) is 19.7 Å². The number of rotatable bonds is 6. The van der Waals surface area contributed by atoms with E-state index in [1.807, 2.05) is 19.9 Å². The summed E-state index contributed by atoms with van der Waals surface area (Å²) in [5.41, 5.74) is 0.490.